The maximum Gasteiger partial charge on any atom is 0.0663 e. The fourth-order valence-electron chi connectivity index (χ4n) is 14.8. The van der Waals surface area contributed by atoms with Crippen molar-refractivity contribution in [3.8, 4) is 22.7 Å². The van der Waals surface area contributed by atoms with Gasteiger partial charge in [0.1, 0.15) is 0 Å². The number of nitrogens with zero attached hydrogens (tertiary/aromatic N) is 6. The fraction of sp³-hybridized carbons (Fsp3) is 0.0256. The Morgan fingerprint density at radius 1 is 0.262 bits per heavy atom. The third kappa shape index (κ3) is 6.34. The molecular weight excluding hydrogens is 1020 g/mol. The molecule has 6 heterocycles. The highest BCUT2D eigenvalue weighted by Crippen LogP contribution is 2.51. The van der Waals surface area contributed by atoms with E-state index in [0.29, 0.717) is 0 Å². The van der Waals surface area contributed by atoms with E-state index in [2.05, 4.69) is 320 Å². The summed E-state index contributed by atoms with van der Waals surface area (Å²) in [6, 6.07) is 98.6. The standard InChI is InChI=1S/C78H52N6/c1-3-50(80-64-37-13-4-28-55(64)56-29-5-14-38-65(56)80)46-49(2)79-70-43-19-10-34-61(70)73-76(79)74-62-35-11-20-44-71(62)83(53-26-22-24-51(47-53)81-66-39-15-6-30-57(66)58-31-7-16-40-67(58)81)78(74)75-63-36-12-21-45-72(63)84(77(73)75)54-27-23-25-52(48-54)82-68-41-17-8-32-59(68)60-33-9-18-42-69(60)82/h3-48H,1-2H3/b49-46+,50-3+. The normalized spacial score (nSPS) is 12.8. The lowest BCUT2D eigenvalue weighted by atomic mass is 10.0. The van der Waals surface area contributed by atoms with Crippen LogP contribution in [0.1, 0.15) is 13.8 Å². The van der Waals surface area contributed by atoms with E-state index >= 15 is 0 Å². The summed E-state index contributed by atoms with van der Waals surface area (Å²) in [6.07, 6.45) is 4.67. The first-order chi connectivity index (χ1) is 41.6. The molecule has 6 nitrogen and oxygen atoms in total. The van der Waals surface area contributed by atoms with Gasteiger partial charge in [0.05, 0.1) is 66.2 Å². The van der Waals surface area contributed by atoms with E-state index < -0.39 is 0 Å². The number of aromatic nitrogens is 6. The average molecular weight is 1070 g/mol. The summed E-state index contributed by atoms with van der Waals surface area (Å²) in [5, 5.41) is 14.6. The van der Waals surface area contributed by atoms with Gasteiger partial charge in [0.15, 0.2) is 0 Å². The second kappa shape index (κ2) is 17.7. The van der Waals surface area contributed by atoms with E-state index in [-0.39, 0.29) is 0 Å². The summed E-state index contributed by atoms with van der Waals surface area (Å²) in [5.41, 5.74) is 20.6. The first-order valence-electron chi connectivity index (χ1n) is 29.1. The summed E-state index contributed by atoms with van der Waals surface area (Å²) in [5.74, 6) is 0. The van der Waals surface area contributed by atoms with Gasteiger partial charge < -0.3 is 27.4 Å². The molecule has 0 aliphatic rings. The Bertz CT molecular complexity index is 5550. The molecule has 0 aliphatic carbocycles. The van der Waals surface area contributed by atoms with Gasteiger partial charge in [0.25, 0.3) is 0 Å². The van der Waals surface area contributed by atoms with Crippen molar-refractivity contribution in [1.29, 1.82) is 0 Å². The lowest BCUT2D eigenvalue weighted by molar-refractivity contribution is 1.13. The van der Waals surface area contributed by atoms with Crippen LogP contribution < -0.4 is 0 Å². The molecule has 0 atom stereocenters. The molecular formula is C78H52N6. The van der Waals surface area contributed by atoms with Gasteiger partial charge in [0, 0.05) is 98.8 Å². The molecule has 12 aromatic carbocycles. The molecule has 0 unspecified atom stereocenters. The highest BCUT2D eigenvalue weighted by Gasteiger charge is 2.30. The van der Waals surface area contributed by atoms with Gasteiger partial charge in [-0.1, -0.05) is 182 Å². The van der Waals surface area contributed by atoms with E-state index in [0.717, 1.165) is 61.7 Å². The molecule has 394 valence electrons. The van der Waals surface area contributed by atoms with E-state index in [1.54, 1.807) is 0 Å². The molecule has 6 aromatic heterocycles. The lowest BCUT2D eigenvalue weighted by Gasteiger charge is -2.16. The molecule has 0 radical (unpaired) electrons. The maximum atomic E-state index is 2.58. The zero-order valence-corrected chi connectivity index (χ0v) is 46.2. The van der Waals surface area contributed by atoms with Gasteiger partial charge in [-0.2, -0.15) is 0 Å². The number of allylic oxidation sites excluding steroid dienone is 4. The topological polar surface area (TPSA) is 29.6 Å². The monoisotopic (exact) mass is 1070 g/mol. The van der Waals surface area contributed by atoms with Crippen molar-refractivity contribution in [3.05, 3.63) is 279 Å². The highest BCUT2D eigenvalue weighted by molar-refractivity contribution is 6.40. The first kappa shape index (κ1) is 46.6. The SMILES string of the molecule is C/C=C(\C=C(/C)n1c2ccccc2c2c1c1c3ccccc3n(-c3cccc(-n4c5ccccc5c5ccccc54)c3)c1c1c3ccccc3n(-c3cccc(-n4c5ccccc5c5ccccc54)c3)c21)n1c2ccccc2c2ccccc21. The van der Waals surface area contributed by atoms with Crippen LogP contribution in [0.15, 0.2) is 279 Å². The number of hydrogen-bond acceptors (Lipinski definition) is 0. The molecule has 0 bridgehead atoms. The number of fused-ring (bicyclic) bond motifs is 21. The van der Waals surface area contributed by atoms with E-state index in [1.807, 2.05) is 0 Å². The van der Waals surface area contributed by atoms with Crippen molar-refractivity contribution in [2.24, 2.45) is 0 Å². The first-order valence-corrected chi connectivity index (χ1v) is 29.1. The van der Waals surface area contributed by atoms with Crippen molar-refractivity contribution in [2.75, 3.05) is 0 Å². The Morgan fingerprint density at radius 3 is 0.881 bits per heavy atom. The predicted octanol–water partition coefficient (Wildman–Crippen LogP) is 20.7. The minimum absolute atomic E-state index is 1.09. The largest absolute Gasteiger partial charge is 0.312 e. The zero-order chi connectivity index (χ0) is 55.3. The average Bonchev–Trinajstić information content (AvgIpc) is 1.83. The number of rotatable bonds is 7. The maximum absolute atomic E-state index is 2.58. The van der Waals surface area contributed by atoms with Crippen LogP contribution in [-0.2, 0) is 0 Å². The summed E-state index contributed by atoms with van der Waals surface area (Å²) in [4.78, 5) is 0. The van der Waals surface area contributed by atoms with Gasteiger partial charge in [0.2, 0.25) is 0 Å². The van der Waals surface area contributed by atoms with Crippen molar-refractivity contribution in [1.82, 2.24) is 27.4 Å². The van der Waals surface area contributed by atoms with Crippen molar-refractivity contribution >= 4 is 142 Å². The van der Waals surface area contributed by atoms with Crippen LogP contribution in [0.3, 0.4) is 0 Å². The van der Waals surface area contributed by atoms with Crippen molar-refractivity contribution < 1.29 is 0 Å². The molecule has 84 heavy (non-hydrogen) atoms. The van der Waals surface area contributed by atoms with Crippen molar-refractivity contribution in [3.63, 3.8) is 0 Å². The lowest BCUT2D eigenvalue weighted by Crippen LogP contribution is -2.01. The smallest absolute Gasteiger partial charge is 0.0663 e. The van der Waals surface area contributed by atoms with Gasteiger partial charge in [-0.3, -0.25) is 0 Å². The Morgan fingerprint density at radius 2 is 0.524 bits per heavy atom. The Hall–Kier alpha value is -11.1. The van der Waals surface area contributed by atoms with Gasteiger partial charge >= 0.3 is 0 Å². The highest BCUT2D eigenvalue weighted by atomic mass is 15.1. The quantitative estimate of drug-likeness (QED) is 0.142. The minimum Gasteiger partial charge on any atom is -0.312 e. The molecule has 18 aromatic rings. The summed E-state index contributed by atoms with van der Waals surface area (Å²) in [7, 11) is 0. The molecule has 0 fully saturated rings. The number of hydrogen-bond donors (Lipinski definition) is 0. The molecule has 0 spiro atoms. The van der Waals surface area contributed by atoms with Crippen LogP contribution in [0.2, 0.25) is 0 Å². The second-order valence-corrected chi connectivity index (χ2v) is 22.4. The minimum atomic E-state index is 1.09. The van der Waals surface area contributed by atoms with E-state index in [9.17, 15) is 0 Å². The zero-order valence-electron chi connectivity index (χ0n) is 46.2. The summed E-state index contributed by atoms with van der Waals surface area (Å²) >= 11 is 0. The summed E-state index contributed by atoms with van der Waals surface area (Å²) < 4.78 is 15.0. The molecule has 0 saturated carbocycles. The van der Waals surface area contributed by atoms with Crippen LogP contribution in [0.25, 0.3) is 165 Å². The van der Waals surface area contributed by atoms with Gasteiger partial charge in [-0.15, -0.1) is 0 Å². The number of benzene rings is 12. The predicted molar refractivity (Wildman–Crippen MR) is 356 cm³/mol. The van der Waals surface area contributed by atoms with Crippen LogP contribution in [0, 0.1) is 0 Å². The Balaban J connectivity index is 1.00. The third-order valence-corrected chi connectivity index (χ3v) is 18.0. The molecule has 18 rings (SSSR count). The Kier molecular flexibility index (Phi) is 9.83. The van der Waals surface area contributed by atoms with Crippen LogP contribution in [0.4, 0.5) is 0 Å². The molecule has 0 N–H and O–H groups in total. The third-order valence-electron chi connectivity index (χ3n) is 18.0. The van der Waals surface area contributed by atoms with Gasteiger partial charge in [-0.25, -0.2) is 0 Å². The Labute approximate surface area is 482 Å². The molecule has 0 aliphatic heterocycles. The van der Waals surface area contributed by atoms with Crippen LogP contribution >= 0.6 is 0 Å². The van der Waals surface area contributed by atoms with E-state index in [1.165, 1.54) is 103 Å². The van der Waals surface area contributed by atoms with Gasteiger partial charge in [-0.05, 0) is 111 Å². The molecule has 0 amide bonds. The van der Waals surface area contributed by atoms with Crippen LogP contribution in [-0.4, -0.2) is 27.4 Å². The van der Waals surface area contributed by atoms with E-state index in [4.69, 9.17) is 0 Å². The second-order valence-electron chi connectivity index (χ2n) is 22.4. The summed E-state index contributed by atoms with van der Waals surface area (Å²) in [6.45, 7) is 4.47. The van der Waals surface area contributed by atoms with Crippen molar-refractivity contribution in [2.45, 2.75) is 13.8 Å². The van der Waals surface area contributed by atoms with Crippen LogP contribution in [0.5, 0.6) is 0 Å². The fourth-order valence-corrected chi connectivity index (χ4v) is 14.8. The number of para-hydroxylation sites is 9. The molecule has 0 saturated heterocycles. The molecule has 6 heteroatoms.